The van der Waals surface area contributed by atoms with Crippen LogP contribution in [0.25, 0.3) is 0 Å². The van der Waals surface area contributed by atoms with Crippen molar-refractivity contribution in [2.24, 2.45) is 17.8 Å². The molecule has 0 radical (unpaired) electrons. The summed E-state index contributed by atoms with van der Waals surface area (Å²) in [5, 5.41) is 0. The van der Waals surface area contributed by atoms with Crippen LogP contribution < -0.4 is 0 Å². The van der Waals surface area contributed by atoms with E-state index in [-0.39, 0.29) is 0 Å². The Balaban J connectivity index is 3.43. The van der Waals surface area contributed by atoms with E-state index in [0.29, 0.717) is 0 Å². The van der Waals surface area contributed by atoms with Crippen LogP contribution in [0.5, 0.6) is 0 Å². The molecule has 0 N–H and O–H groups in total. The van der Waals surface area contributed by atoms with Gasteiger partial charge in [-0.05, 0) is 24.2 Å². The third-order valence-corrected chi connectivity index (χ3v) is 4.90. The van der Waals surface area contributed by atoms with Gasteiger partial charge in [-0.25, -0.2) is 0 Å². The Kier molecular flexibility index (Phi) is 14.9. The van der Waals surface area contributed by atoms with Crippen molar-refractivity contribution in [1.29, 1.82) is 0 Å². The van der Waals surface area contributed by atoms with Crippen LogP contribution in [0, 0.1) is 17.8 Å². The van der Waals surface area contributed by atoms with Gasteiger partial charge in [0.15, 0.2) is 0 Å². The van der Waals surface area contributed by atoms with Crippen molar-refractivity contribution >= 4 is 0 Å². The van der Waals surface area contributed by atoms with Crippen molar-refractivity contribution < 1.29 is 4.74 Å². The first-order valence-corrected chi connectivity index (χ1v) is 9.59. The van der Waals surface area contributed by atoms with Crippen LogP contribution in [0.15, 0.2) is 0 Å². The lowest BCUT2D eigenvalue weighted by atomic mass is 9.91. The van der Waals surface area contributed by atoms with E-state index in [0.717, 1.165) is 24.4 Å². The summed E-state index contributed by atoms with van der Waals surface area (Å²) >= 11 is 0. The highest BCUT2D eigenvalue weighted by Crippen LogP contribution is 2.22. The topological polar surface area (TPSA) is 9.23 Å². The van der Waals surface area contributed by atoms with Gasteiger partial charge in [0.05, 0.1) is 0 Å². The molecule has 21 heavy (non-hydrogen) atoms. The average Bonchev–Trinajstić information content (AvgIpc) is 2.45. The number of hydrogen-bond donors (Lipinski definition) is 0. The Morgan fingerprint density at radius 3 is 1.48 bits per heavy atom. The fraction of sp³-hybridized carbons (Fsp3) is 1.00. The van der Waals surface area contributed by atoms with Crippen molar-refractivity contribution in [1.82, 2.24) is 0 Å². The van der Waals surface area contributed by atoms with Crippen LogP contribution in [-0.2, 0) is 4.74 Å². The quantitative estimate of drug-likeness (QED) is 0.300. The van der Waals surface area contributed by atoms with Crippen molar-refractivity contribution in [2.45, 2.75) is 98.3 Å². The normalized spacial score (nSPS) is 15.9. The summed E-state index contributed by atoms with van der Waals surface area (Å²) in [5.74, 6) is 2.69. The molecular formula is C20H42O. The molecule has 0 aromatic carbocycles. The molecule has 0 amide bonds. The second-order valence-electron chi connectivity index (χ2n) is 7.45. The summed E-state index contributed by atoms with van der Waals surface area (Å²) in [6.45, 7) is 10.5. The highest BCUT2D eigenvalue weighted by atomic mass is 16.5. The van der Waals surface area contributed by atoms with E-state index in [1.54, 1.807) is 7.11 Å². The van der Waals surface area contributed by atoms with E-state index in [9.17, 15) is 0 Å². The fourth-order valence-corrected chi connectivity index (χ4v) is 3.12. The number of methoxy groups -OCH3 is 1. The standard InChI is InChI=1S/C20H42O/c1-6-7-8-11-18(2)12-9-13-19(3)14-10-15-20(4)16-17-21-5/h18-20H,6-17H2,1-5H3. The molecule has 1 heteroatoms. The van der Waals surface area contributed by atoms with Crippen molar-refractivity contribution in [2.75, 3.05) is 13.7 Å². The Morgan fingerprint density at radius 1 is 0.619 bits per heavy atom. The van der Waals surface area contributed by atoms with Crippen molar-refractivity contribution in [3.8, 4) is 0 Å². The minimum atomic E-state index is 0.829. The molecule has 0 heterocycles. The summed E-state index contributed by atoms with van der Waals surface area (Å²) in [4.78, 5) is 0. The number of hydrogen-bond acceptors (Lipinski definition) is 1. The molecule has 0 saturated carbocycles. The molecule has 0 bridgehead atoms. The van der Waals surface area contributed by atoms with E-state index in [1.807, 2.05) is 0 Å². The summed E-state index contributed by atoms with van der Waals surface area (Å²) in [6, 6.07) is 0. The van der Waals surface area contributed by atoms with Gasteiger partial charge in [0.2, 0.25) is 0 Å². The fourth-order valence-electron chi connectivity index (χ4n) is 3.12. The molecule has 0 rings (SSSR count). The molecule has 3 atom stereocenters. The van der Waals surface area contributed by atoms with Gasteiger partial charge in [-0.15, -0.1) is 0 Å². The monoisotopic (exact) mass is 298 g/mol. The molecule has 0 aliphatic carbocycles. The summed E-state index contributed by atoms with van der Waals surface area (Å²) in [7, 11) is 1.80. The maximum absolute atomic E-state index is 5.15. The maximum atomic E-state index is 5.15. The molecule has 0 aromatic rings. The van der Waals surface area contributed by atoms with Gasteiger partial charge in [0, 0.05) is 13.7 Å². The van der Waals surface area contributed by atoms with Crippen molar-refractivity contribution in [3.63, 3.8) is 0 Å². The van der Waals surface area contributed by atoms with E-state index >= 15 is 0 Å². The number of unbranched alkanes of at least 4 members (excludes halogenated alkanes) is 2. The van der Waals surface area contributed by atoms with Gasteiger partial charge in [0.25, 0.3) is 0 Å². The predicted octanol–water partition coefficient (Wildman–Crippen LogP) is 6.85. The lowest BCUT2D eigenvalue weighted by molar-refractivity contribution is 0.177. The van der Waals surface area contributed by atoms with Gasteiger partial charge >= 0.3 is 0 Å². The first kappa shape index (κ1) is 21.0. The minimum absolute atomic E-state index is 0.829. The zero-order chi connectivity index (χ0) is 15.9. The molecule has 0 aliphatic rings. The average molecular weight is 299 g/mol. The summed E-state index contributed by atoms with van der Waals surface area (Å²) in [5.41, 5.74) is 0. The van der Waals surface area contributed by atoms with Crippen molar-refractivity contribution in [3.05, 3.63) is 0 Å². The Bertz CT molecular complexity index is 202. The lowest BCUT2D eigenvalue weighted by Gasteiger charge is -2.15. The number of ether oxygens (including phenoxy) is 1. The second-order valence-corrected chi connectivity index (χ2v) is 7.45. The van der Waals surface area contributed by atoms with E-state index < -0.39 is 0 Å². The molecule has 3 unspecified atom stereocenters. The molecule has 128 valence electrons. The first-order chi connectivity index (χ1) is 10.1. The van der Waals surface area contributed by atoms with Crippen LogP contribution in [-0.4, -0.2) is 13.7 Å². The third-order valence-electron chi connectivity index (χ3n) is 4.90. The molecule has 0 aromatic heterocycles. The van der Waals surface area contributed by atoms with Crippen LogP contribution in [0.3, 0.4) is 0 Å². The van der Waals surface area contributed by atoms with Crippen LogP contribution in [0.2, 0.25) is 0 Å². The van der Waals surface area contributed by atoms with Crippen LogP contribution in [0.1, 0.15) is 98.3 Å². The smallest absolute Gasteiger partial charge is 0.0464 e. The van der Waals surface area contributed by atoms with Gasteiger partial charge in [0.1, 0.15) is 0 Å². The zero-order valence-corrected chi connectivity index (χ0v) is 15.6. The summed E-state index contributed by atoms with van der Waals surface area (Å²) < 4.78 is 5.15. The molecule has 0 saturated heterocycles. The van der Waals surface area contributed by atoms with Gasteiger partial charge in [-0.1, -0.05) is 91.9 Å². The molecule has 0 fully saturated rings. The molecule has 1 nitrogen and oxygen atoms in total. The van der Waals surface area contributed by atoms with Gasteiger partial charge in [-0.3, -0.25) is 0 Å². The largest absolute Gasteiger partial charge is 0.385 e. The maximum Gasteiger partial charge on any atom is 0.0464 e. The lowest BCUT2D eigenvalue weighted by Crippen LogP contribution is -2.02. The van der Waals surface area contributed by atoms with Crippen LogP contribution in [0.4, 0.5) is 0 Å². The third kappa shape index (κ3) is 14.7. The second kappa shape index (κ2) is 14.9. The van der Waals surface area contributed by atoms with Crippen LogP contribution >= 0.6 is 0 Å². The highest BCUT2D eigenvalue weighted by Gasteiger charge is 2.07. The Labute approximate surface area is 135 Å². The van der Waals surface area contributed by atoms with E-state index in [2.05, 4.69) is 27.7 Å². The first-order valence-electron chi connectivity index (χ1n) is 9.59. The summed E-state index contributed by atoms with van der Waals surface area (Å²) in [6.07, 6.45) is 15.4. The van der Waals surface area contributed by atoms with E-state index in [4.69, 9.17) is 4.74 Å². The number of rotatable bonds is 15. The molecule has 0 aliphatic heterocycles. The molecule has 0 spiro atoms. The minimum Gasteiger partial charge on any atom is -0.385 e. The zero-order valence-electron chi connectivity index (χ0n) is 15.6. The predicted molar refractivity (Wildman–Crippen MR) is 95.8 cm³/mol. The van der Waals surface area contributed by atoms with Gasteiger partial charge < -0.3 is 4.74 Å². The highest BCUT2D eigenvalue weighted by molar-refractivity contribution is 4.60. The SMILES string of the molecule is CCCCCC(C)CCCC(C)CCCC(C)CCOC. The Morgan fingerprint density at radius 2 is 1.05 bits per heavy atom. The van der Waals surface area contributed by atoms with E-state index in [1.165, 1.54) is 70.6 Å². The Hall–Kier alpha value is -0.0400. The van der Waals surface area contributed by atoms with Gasteiger partial charge in [-0.2, -0.15) is 0 Å². The molecular weight excluding hydrogens is 256 g/mol.